The highest BCUT2D eigenvalue weighted by Crippen LogP contribution is 2.31. The Hall–Kier alpha value is -1.88. The second-order valence-corrected chi connectivity index (χ2v) is 8.31. The standard InChI is InChI=1S/C23H28ClN3O/c1-25(19-11-14-26(15-12-19)17-18-7-3-2-4-8-18)22-13-16-27(23(22)28)21-10-6-5-9-20(21)24/h2-10,19,22H,11-17H2,1H3/t22-/m0/s1. The molecule has 0 unspecified atom stereocenters. The number of amides is 1. The summed E-state index contributed by atoms with van der Waals surface area (Å²) in [6.07, 6.45) is 3.09. The summed E-state index contributed by atoms with van der Waals surface area (Å²) in [6, 6.07) is 18.7. The van der Waals surface area contributed by atoms with Gasteiger partial charge in [-0.3, -0.25) is 14.6 Å². The number of benzene rings is 2. The van der Waals surface area contributed by atoms with E-state index in [0.717, 1.165) is 51.1 Å². The van der Waals surface area contributed by atoms with Crippen molar-refractivity contribution in [2.75, 3.05) is 31.6 Å². The highest BCUT2D eigenvalue weighted by molar-refractivity contribution is 6.33. The molecule has 2 aliphatic rings. The van der Waals surface area contributed by atoms with E-state index < -0.39 is 0 Å². The second kappa shape index (κ2) is 8.64. The zero-order chi connectivity index (χ0) is 19.5. The summed E-state index contributed by atoms with van der Waals surface area (Å²) in [5.74, 6) is 0.183. The number of rotatable bonds is 5. The van der Waals surface area contributed by atoms with E-state index in [1.807, 2.05) is 29.2 Å². The molecule has 0 N–H and O–H groups in total. The van der Waals surface area contributed by atoms with Gasteiger partial charge >= 0.3 is 0 Å². The van der Waals surface area contributed by atoms with Gasteiger partial charge in [-0.1, -0.05) is 54.1 Å². The van der Waals surface area contributed by atoms with E-state index in [9.17, 15) is 4.79 Å². The third kappa shape index (κ3) is 4.09. The molecule has 0 radical (unpaired) electrons. The fraction of sp³-hybridized carbons (Fsp3) is 0.435. The Morgan fingerprint density at radius 2 is 1.64 bits per heavy atom. The molecule has 148 valence electrons. The van der Waals surface area contributed by atoms with Gasteiger partial charge in [-0.15, -0.1) is 0 Å². The Labute approximate surface area is 172 Å². The molecule has 2 aromatic carbocycles. The van der Waals surface area contributed by atoms with Gasteiger partial charge < -0.3 is 4.90 Å². The van der Waals surface area contributed by atoms with Gasteiger partial charge in [0.15, 0.2) is 0 Å². The van der Waals surface area contributed by atoms with Crippen molar-refractivity contribution in [3.63, 3.8) is 0 Å². The van der Waals surface area contributed by atoms with Crippen molar-refractivity contribution in [3.05, 3.63) is 65.2 Å². The van der Waals surface area contributed by atoms with Crippen LogP contribution in [0, 0.1) is 0 Å². The van der Waals surface area contributed by atoms with E-state index in [4.69, 9.17) is 11.6 Å². The number of carbonyl (C=O) groups excluding carboxylic acids is 1. The van der Waals surface area contributed by atoms with Gasteiger partial charge in [-0.05, 0) is 57.1 Å². The van der Waals surface area contributed by atoms with Crippen LogP contribution in [0.5, 0.6) is 0 Å². The molecule has 2 fully saturated rings. The maximum atomic E-state index is 13.1. The van der Waals surface area contributed by atoms with Crippen LogP contribution in [0.3, 0.4) is 0 Å². The Morgan fingerprint density at radius 1 is 0.964 bits per heavy atom. The van der Waals surface area contributed by atoms with E-state index in [1.165, 1.54) is 5.56 Å². The summed E-state index contributed by atoms with van der Waals surface area (Å²) in [7, 11) is 2.12. The highest BCUT2D eigenvalue weighted by Gasteiger charge is 2.38. The predicted octanol–water partition coefficient (Wildman–Crippen LogP) is 4.04. The number of nitrogens with zero attached hydrogens (tertiary/aromatic N) is 3. The van der Waals surface area contributed by atoms with Crippen molar-refractivity contribution in [3.8, 4) is 0 Å². The van der Waals surface area contributed by atoms with Crippen LogP contribution in [0.25, 0.3) is 0 Å². The topological polar surface area (TPSA) is 26.8 Å². The summed E-state index contributed by atoms with van der Waals surface area (Å²) in [6.45, 7) is 3.92. The molecule has 1 amide bonds. The van der Waals surface area contributed by atoms with E-state index in [1.54, 1.807) is 0 Å². The average molecular weight is 398 g/mol. The number of anilines is 1. The number of hydrogen-bond acceptors (Lipinski definition) is 3. The minimum Gasteiger partial charge on any atom is -0.310 e. The number of likely N-dealkylation sites (tertiary alicyclic amines) is 1. The molecule has 4 rings (SSSR count). The number of hydrogen-bond donors (Lipinski definition) is 0. The van der Waals surface area contributed by atoms with Crippen molar-refractivity contribution in [1.82, 2.24) is 9.80 Å². The fourth-order valence-electron chi connectivity index (χ4n) is 4.53. The monoisotopic (exact) mass is 397 g/mol. The summed E-state index contributed by atoms with van der Waals surface area (Å²) in [5.41, 5.74) is 2.21. The van der Waals surface area contributed by atoms with Gasteiger partial charge in [0.1, 0.15) is 0 Å². The van der Waals surface area contributed by atoms with Crippen LogP contribution in [-0.4, -0.2) is 54.5 Å². The van der Waals surface area contributed by atoms with Crippen LogP contribution in [0.2, 0.25) is 5.02 Å². The zero-order valence-corrected chi connectivity index (χ0v) is 17.2. The molecule has 2 heterocycles. The first-order chi connectivity index (χ1) is 13.6. The smallest absolute Gasteiger partial charge is 0.244 e. The fourth-order valence-corrected chi connectivity index (χ4v) is 4.77. The largest absolute Gasteiger partial charge is 0.310 e. The number of para-hydroxylation sites is 1. The second-order valence-electron chi connectivity index (χ2n) is 7.90. The summed E-state index contributed by atoms with van der Waals surface area (Å²) >= 11 is 6.32. The van der Waals surface area contributed by atoms with E-state index in [2.05, 4.69) is 47.2 Å². The Morgan fingerprint density at radius 3 is 2.36 bits per heavy atom. The first-order valence-corrected chi connectivity index (χ1v) is 10.6. The van der Waals surface area contributed by atoms with Crippen LogP contribution in [-0.2, 0) is 11.3 Å². The minimum absolute atomic E-state index is 0.0399. The van der Waals surface area contributed by atoms with E-state index in [0.29, 0.717) is 11.1 Å². The van der Waals surface area contributed by atoms with Crippen molar-refractivity contribution in [2.45, 2.75) is 37.9 Å². The molecule has 0 bridgehead atoms. The normalized spacial score (nSPS) is 21.6. The molecule has 0 aromatic heterocycles. The maximum Gasteiger partial charge on any atom is 0.244 e. The van der Waals surface area contributed by atoms with Crippen LogP contribution in [0.4, 0.5) is 5.69 Å². The average Bonchev–Trinajstić information content (AvgIpc) is 3.10. The van der Waals surface area contributed by atoms with Crippen LogP contribution in [0.15, 0.2) is 54.6 Å². The van der Waals surface area contributed by atoms with Gasteiger partial charge in [0.25, 0.3) is 0 Å². The molecule has 0 spiro atoms. The number of piperidine rings is 1. The third-order valence-corrected chi connectivity index (χ3v) is 6.51. The molecule has 2 saturated heterocycles. The molecule has 2 aromatic rings. The maximum absolute atomic E-state index is 13.1. The number of likely N-dealkylation sites (N-methyl/N-ethyl adjacent to an activating group) is 1. The Bertz CT molecular complexity index is 805. The summed E-state index contributed by atoms with van der Waals surface area (Å²) in [5, 5.41) is 0.647. The predicted molar refractivity (Wildman–Crippen MR) is 115 cm³/mol. The first kappa shape index (κ1) is 19.4. The molecule has 4 nitrogen and oxygen atoms in total. The third-order valence-electron chi connectivity index (χ3n) is 6.19. The molecule has 28 heavy (non-hydrogen) atoms. The highest BCUT2D eigenvalue weighted by atomic mass is 35.5. The quantitative estimate of drug-likeness (QED) is 0.761. The summed E-state index contributed by atoms with van der Waals surface area (Å²) in [4.78, 5) is 19.8. The van der Waals surface area contributed by atoms with Gasteiger partial charge in [0.2, 0.25) is 5.91 Å². The van der Waals surface area contributed by atoms with Crippen molar-refractivity contribution < 1.29 is 4.79 Å². The van der Waals surface area contributed by atoms with Gasteiger partial charge in [0.05, 0.1) is 16.8 Å². The molecular formula is C23H28ClN3O. The van der Waals surface area contributed by atoms with Gasteiger partial charge in [-0.25, -0.2) is 0 Å². The molecule has 0 aliphatic carbocycles. The molecule has 0 saturated carbocycles. The lowest BCUT2D eigenvalue weighted by molar-refractivity contribution is -0.122. The Balaban J connectivity index is 1.34. The molecule has 1 atom stereocenters. The van der Waals surface area contributed by atoms with Crippen molar-refractivity contribution in [2.24, 2.45) is 0 Å². The number of carbonyl (C=O) groups is 1. The van der Waals surface area contributed by atoms with Gasteiger partial charge in [-0.2, -0.15) is 0 Å². The zero-order valence-electron chi connectivity index (χ0n) is 16.4. The SMILES string of the molecule is CN(C1CCN(Cc2ccccc2)CC1)[C@H]1CCN(c2ccccc2Cl)C1=O. The molecule has 5 heteroatoms. The van der Waals surface area contributed by atoms with Gasteiger partial charge in [0, 0.05) is 19.1 Å². The molecule has 2 aliphatic heterocycles. The lowest BCUT2D eigenvalue weighted by Gasteiger charge is -2.38. The van der Waals surface area contributed by atoms with E-state index >= 15 is 0 Å². The number of halogens is 1. The summed E-state index contributed by atoms with van der Waals surface area (Å²) < 4.78 is 0. The first-order valence-electron chi connectivity index (χ1n) is 10.2. The van der Waals surface area contributed by atoms with Crippen molar-refractivity contribution >= 4 is 23.2 Å². The lowest BCUT2D eigenvalue weighted by Crippen LogP contribution is -2.49. The minimum atomic E-state index is -0.0399. The van der Waals surface area contributed by atoms with Crippen LogP contribution >= 0.6 is 11.6 Å². The van der Waals surface area contributed by atoms with E-state index in [-0.39, 0.29) is 11.9 Å². The van der Waals surface area contributed by atoms with Crippen LogP contribution in [0.1, 0.15) is 24.8 Å². The lowest BCUT2D eigenvalue weighted by atomic mass is 10.0. The Kier molecular flexibility index (Phi) is 6.00. The molecular weight excluding hydrogens is 370 g/mol. The van der Waals surface area contributed by atoms with Crippen molar-refractivity contribution in [1.29, 1.82) is 0 Å². The van der Waals surface area contributed by atoms with Crippen LogP contribution < -0.4 is 4.90 Å².